The Morgan fingerprint density at radius 2 is 0.631 bits per heavy atom. The van der Waals surface area contributed by atoms with Gasteiger partial charge >= 0.3 is 21.1 Å². The fraction of sp³-hybridized carbons (Fsp3) is 0. The molecule has 4 heterocycles. The van der Waals surface area contributed by atoms with Crippen LogP contribution in [0, 0.1) is 12.1 Å². The molecule has 12 rings (SSSR count). The molecule has 0 unspecified atom stereocenters. The fourth-order valence-corrected chi connectivity index (χ4v) is 8.65. The van der Waals surface area contributed by atoms with Gasteiger partial charge in [0.15, 0.2) is 0 Å². The molecule has 6 nitrogen and oxygen atoms in total. The van der Waals surface area contributed by atoms with E-state index in [1.807, 2.05) is 60.9 Å². The predicted octanol–water partition coefficient (Wildman–Crippen LogP) is 14.9. The Bertz CT molecular complexity index is 3170. The van der Waals surface area contributed by atoms with Crippen LogP contribution in [0.4, 0.5) is 34.1 Å². The number of pyridine rings is 2. The number of hydrogen-bond donors (Lipinski definition) is 0. The van der Waals surface area contributed by atoms with Gasteiger partial charge in [-0.15, -0.1) is 24.3 Å². The molecular formula is C58H40N6Pt. The van der Waals surface area contributed by atoms with Gasteiger partial charge in [0, 0.05) is 68.6 Å². The summed E-state index contributed by atoms with van der Waals surface area (Å²) >= 11 is 0. The number of benzene rings is 8. The van der Waals surface area contributed by atoms with E-state index in [1.165, 1.54) is 0 Å². The summed E-state index contributed by atoms with van der Waals surface area (Å²) in [6.07, 6.45) is 3.69. The topological polar surface area (TPSA) is 42.1 Å². The Morgan fingerprint density at radius 3 is 0.954 bits per heavy atom. The molecule has 0 aliphatic heterocycles. The van der Waals surface area contributed by atoms with Crippen LogP contribution >= 0.6 is 0 Å². The zero-order chi connectivity index (χ0) is 42.7. The number of para-hydroxylation sites is 6. The van der Waals surface area contributed by atoms with Crippen LogP contribution in [0.1, 0.15) is 0 Å². The van der Waals surface area contributed by atoms with Crippen molar-refractivity contribution < 1.29 is 21.1 Å². The molecule has 312 valence electrons. The number of aromatic nitrogens is 4. The molecule has 4 aromatic heterocycles. The van der Waals surface area contributed by atoms with E-state index in [2.05, 4.69) is 223 Å². The van der Waals surface area contributed by atoms with Crippen molar-refractivity contribution in [3.63, 3.8) is 0 Å². The molecular weight excluding hydrogens is 976 g/mol. The molecule has 0 N–H and O–H groups in total. The molecule has 0 saturated carbocycles. The van der Waals surface area contributed by atoms with E-state index in [9.17, 15) is 0 Å². The van der Waals surface area contributed by atoms with Crippen LogP contribution in [0.15, 0.2) is 243 Å². The van der Waals surface area contributed by atoms with Gasteiger partial charge in [-0.1, -0.05) is 132 Å². The zero-order valence-electron chi connectivity index (χ0n) is 35.1. The molecule has 65 heavy (non-hydrogen) atoms. The third kappa shape index (κ3) is 7.86. The number of rotatable bonds is 8. The first-order chi connectivity index (χ1) is 31.8. The Labute approximate surface area is 392 Å². The summed E-state index contributed by atoms with van der Waals surface area (Å²) in [6, 6.07) is 86.5. The molecule has 0 aliphatic rings. The summed E-state index contributed by atoms with van der Waals surface area (Å²) in [4.78, 5) is 13.9. The Morgan fingerprint density at radius 1 is 0.323 bits per heavy atom. The van der Waals surface area contributed by atoms with Crippen LogP contribution in [0.3, 0.4) is 0 Å². The predicted molar refractivity (Wildman–Crippen MR) is 264 cm³/mol. The molecule has 0 saturated heterocycles. The Hall–Kier alpha value is -8.05. The Kier molecular flexibility index (Phi) is 11.6. The summed E-state index contributed by atoms with van der Waals surface area (Å²) in [7, 11) is 0. The van der Waals surface area contributed by atoms with Crippen molar-refractivity contribution in [1.29, 1.82) is 0 Å². The van der Waals surface area contributed by atoms with E-state index < -0.39 is 0 Å². The van der Waals surface area contributed by atoms with Gasteiger partial charge in [-0.05, 0) is 119 Å². The smallest absolute Gasteiger partial charge is 0.358 e. The second-order valence-electron chi connectivity index (χ2n) is 15.3. The summed E-state index contributed by atoms with van der Waals surface area (Å²) in [5.41, 5.74) is 15.0. The number of fused-ring (bicyclic) bond motifs is 6. The minimum absolute atomic E-state index is 0. The van der Waals surface area contributed by atoms with Crippen LogP contribution in [0.2, 0.25) is 0 Å². The van der Waals surface area contributed by atoms with Crippen LogP contribution in [-0.2, 0) is 21.1 Å². The van der Waals surface area contributed by atoms with E-state index in [0.717, 1.165) is 89.4 Å². The molecule has 0 radical (unpaired) electrons. The van der Waals surface area contributed by atoms with E-state index >= 15 is 0 Å². The Balaban J connectivity index is 0.000000151. The van der Waals surface area contributed by atoms with Gasteiger partial charge in [-0.25, -0.2) is 0 Å². The molecule has 12 aromatic rings. The second kappa shape index (κ2) is 18.3. The standard InChI is InChI=1S/2C29H20N3.Pt/c2*1-4-11-22(12-5-1)31(23-13-6-2-7-14-23)25-18-19-26-28(21-25)32(24-15-8-3-9-16-24)27-17-10-20-30-29(26)27;/h2*1-18,20-21H;/q2*-1;+2. The van der Waals surface area contributed by atoms with Crippen LogP contribution in [-0.4, -0.2) is 19.1 Å². The minimum Gasteiger partial charge on any atom is -0.358 e. The summed E-state index contributed by atoms with van der Waals surface area (Å²) in [6.45, 7) is 0. The van der Waals surface area contributed by atoms with Crippen LogP contribution in [0.25, 0.3) is 55.2 Å². The average molecular weight is 1020 g/mol. The first-order valence-corrected chi connectivity index (χ1v) is 21.3. The molecule has 0 fully saturated rings. The van der Waals surface area contributed by atoms with Crippen molar-refractivity contribution in [3.05, 3.63) is 255 Å². The van der Waals surface area contributed by atoms with Crippen molar-refractivity contribution in [2.24, 2.45) is 0 Å². The van der Waals surface area contributed by atoms with Gasteiger partial charge < -0.3 is 28.9 Å². The van der Waals surface area contributed by atoms with E-state index in [0.29, 0.717) is 0 Å². The first-order valence-electron chi connectivity index (χ1n) is 21.3. The van der Waals surface area contributed by atoms with Crippen molar-refractivity contribution in [2.75, 3.05) is 9.80 Å². The summed E-state index contributed by atoms with van der Waals surface area (Å²) < 4.78 is 4.54. The average Bonchev–Trinajstić information content (AvgIpc) is 3.88. The largest absolute Gasteiger partial charge is 2.00 e. The first kappa shape index (κ1) is 41.0. The van der Waals surface area contributed by atoms with Crippen molar-refractivity contribution in [1.82, 2.24) is 19.1 Å². The van der Waals surface area contributed by atoms with Crippen molar-refractivity contribution in [3.8, 4) is 11.4 Å². The SMILES string of the molecule is [Pt+2].[c-]1cc(N(c2ccccc2)c2ccccc2)cc2c1c1ncccc1n2-c1ccccc1.[c-]1cc(N(c2ccccc2)c2ccccc2)cc2c1c1ncccc1n2-c1ccccc1. The minimum atomic E-state index is 0. The summed E-state index contributed by atoms with van der Waals surface area (Å²) in [5.74, 6) is 0. The van der Waals surface area contributed by atoms with Gasteiger partial charge in [0.25, 0.3) is 0 Å². The van der Waals surface area contributed by atoms with E-state index in [4.69, 9.17) is 0 Å². The molecule has 0 amide bonds. The monoisotopic (exact) mass is 1020 g/mol. The fourth-order valence-electron chi connectivity index (χ4n) is 8.65. The number of hydrogen-bond acceptors (Lipinski definition) is 4. The molecule has 0 spiro atoms. The second-order valence-corrected chi connectivity index (χ2v) is 15.3. The van der Waals surface area contributed by atoms with Gasteiger partial charge in [0.2, 0.25) is 0 Å². The number of nitrogens with zero attached hydrogens (tertiary/aromatic N) is 6. The quantitative estimate of drug-likeness (QED) is 0.142. The maximum Gasteiger partial charge on any atom is 2.00 e. The van der Waals surface area contributed by atoms with E-state index in [1.54, 1.807) is 0 Å². The van der Waals surface area contributed by atoms with Crippen molar-refractivity contribution in [2.45, 2.75) is 0 Å². The maximum absolute atomic E-state index is 4.68. The maximum atomic E-state index is 4.68. The van der Waals surface area contributed by atoms with Gasteiger partial charge in [0.1, 0.15) is 0 Å². The molecule has 0 atom stereocenters. The third-order valence-corrected chi connectivity index (χ3v) is 11.4. The van der Waals surface area contributed by atoms with Crippen molar-refractivity contribution >= 4 is 78.0 Å². The van der Waals surface area contributed by atoms with Gasteiger partial charge in [0.05, 0.1) is 0 Å². The molecule has 7 heteroatoms. The normalized spacial score (nSPS) is 11.0. The molecule has 0 aliphatic carbocycles. The van der Waals surface area contributed by atoms with E-state index in [-0.39, 0.29) is 21.1 Å². The zero-order valence-corrected chi connectivity index (χ0v) is 37.4. The van der Waals surface area contributed by atoms with Gasteiger partial charge in [-0.2, -0.15) is 0 Å². The molecule has 8 aromatic carbocycles. The van der Waals surface area contributed by atoms with Crippen LogP contribution < -0.4 is 9.80 Å². The van der Waals surface area contributed by atoms with Crippen LogP contribution in [0.5, 0.6) is 0 Å². The number of anilines is 6. The molecule has 0 bridgehead atoms. The third-order valence-electron chi connectivity index (χ3n) is 11.4. The van der Waals surface area contributed by atoms with Gasteiger partial charge in [-0.3, -0.25) is 0 Å². The summed E-state index contributed by atoms with van der Waals surface area (Å²) in [5, 5.41) is 2.04.